The average Bonchev–Trinajstić information content (AvgIpc) is 2.60. The van der Waals surface area contributed by atoms with Crippen LogP contribution in [-0.2, 0) is 4.84 Å². The lowest BCUT2D eigenvalue weighted by Crippen LogP contribution is -2.64. The maximum Gasteiger partial charge on any atom is 0.430 e. The Bertz CT molecular complexity index is 390. The molecule has 0 fully saturated rings. The van der Waals surface area contributed by atoms with E-state index in [-0.39, 0.29) is 0 Å². The molecule has 0 aromatic rings. The number of aliphatic hydroxyl groups is 1. The smallest absolute Gasteiger partial charge is 0.387 e. The van der Waals surface area contributed by atoms with E-state index in [4.69, 9.17) is 5.11 Å². The van der Waals surface area contributed by atoms with Gasteiger partial charge in [-0.25, -0.2) is 4.79 Å². The van der Waals surface area contributed by atoms with Gasteiger partial charge in [-0.3, -0.25) is 5.32 Å². The summed E-state index contributed by atoms with van der Waals surface area (Å²) >= 11 is 0. The van der Waals surface area contributed by atoms with Crippen molar-refractivity contribution < 1.29 is 41.1 Å². The molecule has 0 spiro atoms. The monoisotopic (exact) mass is 295 g/mol. The first-order chi connectivity index (χ1) is 8.39. The summed E-state index contributed by atoms with van der Waals surface area (Å²) in [7, 11) is 0. The Balaban J connectivity index is 2.97. The largest absolute Gasteiger partial charge is 0.430 e. The third-order valence-electron chi connectivity index (χ3n) is 2.27. The Morgan fingerprint density at radius 2 is 1.79 bits per heavy atom. The molecule has 1 unspecified atom stereocenters. The standard InChI is InChI=1S/C7H7F6N3O3/c8-6(9,10)5(18,7(11,12)13)2-1-3(16-19-2)15-4(14)17/h2,18H,1H2,(H3,14,15,16,17). The Kier molecular flexibility index (Phi) is 3.58. The average molecular weight is 295 g/mol. The molecule has 4 N–H and O–H groups in total. The van der Waals surface area contributed by atoms with Gasteiger partial charge in [0.25, 0.3) is 5.60 Å². The molecule has 1 aliphatic heterocycles. The number of urea groups is 1. The minimum atomic E-state index is -6.03. The molecule has 110 valence electrons. The zero-order valence-corrected chi connectivity index (χ0v) is 8.84. The van der Waals surface area contributed by atoms with Gasteiger partial charge in [-0.2, -0.15) is 26.3 Å². The number of hydrogen-bond donors (Lipinski definition) is 3. The van der Waals surface area contributed by atoms with Crippen molar-refractivity contribution >= 4 is 11.9 Å². The molecule has 0 aromatic carbocycles. The van der Waals surface area contributed by atoms with Crippen molar-refractivity contribution in [2.75, 3.05) is 0 Å². The maximum atomic E-state index is 12.4. The van der Waals surface area contributed by atoms with E-state index in [2.05, 4.69) is 15.7 Å². The fourth-order valence-electron chi connectivity index (χ4n) is 1.34. The van der Waals surface area contributed by atoms with Gasteiger partial charge in [0.1, 0.15) is 0 Å². The van der Waals surface area contributed by atoms with E-state index in [1.165, 1.54) is 0 Å². The number of alkyl halides is 6. The quantitative estimate of drug-likeness (QED) is 0.618. The number of carbonyl (C=O) groups is 1. The lowest BCUT2D eigenvalue weighted by molar-refractivity contribution is -0.392. The summed E-state index contributed by atoms with van der Waals surface area (Å²) in [6, 6.07) is -1.24. The summed E-state index contributed by atoms with van der Waals surface area (Å²) in [5.41, 5.74) is -0.502. The van der Waals surface area contributed by atoms with Gasteiger partial charge in [-0.05, 0) is 0 Å². The van der Waals surface area contributed by atoms with Crippen molar-refractivity contribution in [2.45, 2.75) is 30.5 Å². The van der Waals surface area contributed by atoms with Crippen LogP contribution in [0.2, 0.25) is 0 Å². The Morgan fingerprint density at radius 1 is 1.32 bits per heavy atom. The van der Waals surface area contributed by atoms with Crippen LogP contribution in [-0.4, -0.2) is 41.0 Å². The maximum absolute atomic E-state index is 12.4. The van der Waals surface area contributed by atoms with Crippen molar-refractivity contribution in [3.05, 3.63) is 0 Å². The molecule has 6 nitrogen and oxygen atoms in total. The molecule has 2 amide bonds. The molecule has 1 rings (SSSR count). The minimum absolute atomic E-state index is 0.649. The predicted molar refractivity (Wildman–Crippen MR) is 46.7 cm³/mol. The number of nitrogens with two attached hydrogens (primary N) is 1. The van der Waals surface area contributed by atoms with Crippen molar-refractivity contribution in [3.8, 4) is 0 Å². The van der Waals surface area contributed by atoms with E-state index >= 15 is 0 Å². The summed E-state index contributed by atoms with van der Waals surface area (Å²) in [6.45, 7) is 0. The third kappa shape index (κ3) is 2.67. The van der Waals surface area contributed by atoms with Gasteiger partial charge in [0.15, 0.2) is 11.9 Å². The minimum Gasteiger partial charge on any atom is -0.387 e. The number of nitrogens with zero attached hydrogens (tertiary/aromatic N) is 1. The molecule has 0 bridgehead atoms. The van der Waals surface area contributed by atoms with E-state index in [1.54, 1.807) is 5.32 Å². The van der Waals surface area contributed by atoms with Gasteiger partial charge in [-0.15, -0.1) is 0 Å². The molecular weight excluding hydrogens is 288 g/mol. The molecule has 12 heteroatoms. The highest BCUT2D eigenvalue weighted by Gasteiger charge is 2.76. The molecule has 0 saturated carbocycles. The molecule has 0 saturated heterocycles. The van der Waals surface area contributed by atoms with Gasteiger partial charge in [0.05, 0.1) is 6.42 Å². The van der Waals surface area contributed by atoms with E-state index < -0.39 is 42.3 Å². The number of amidine groups is 1. The second-order valence-electron chi connectivity index (χ2n) is 3.59. The normalized spacial score (nSPS) is 20.8. The lowest BCUT2D eigenvalue weighted by Gasteiger charge is -2.34. The lowest BCUT2D eigenvalue weighted by atomic mass is 9.92. The molecular formula is C7H7F6N3O3. The third-order valence-corrected chi connectivity index (χ3v) is 2.27. The number of nitrogens with one attached hydrogen (secondary N) is 1. The fourth-order valence-corrected chi connectivity index (χ4v) is 1.34. The number of primary amides is 1. The number of rotatable bonds is 1. The highest BCUT2D eigenvalue weighted by atomic mass is 19.4. The van der Waals surface area contributed by atoms with Crippen LogP contribution in [0.4, 0.5) is 31.1 Å². The zero-order valence-electron chi connectivity index (χ0n) is 8.84. The number of halogens is 6. The van der Waals surface area contributed by atoms with E-state index in [9.17, 15) is 31.1 Å². The first kappa shape index (κ1) is 15.3. The van der Waals surface area contributed by atoms with Gasteiger partial charge in [-0.1, -0.05) is 5.16 Å². The van der Waals surface area contributed by atoms with Gasteiger partial charge in [0, 0.05) is 0 Å². The molecule has 1 atom stereocenters. The summed E-state index contributed by atoms with van der Waals surface area (Å²) < 4.78 is 74.6. The summed E-state index contributed by atoms with van der Waals surface area (Å²) in [5.74, 6) is -0.649. The zero-order chi connectivity index (χ0) is 15.1. The molecule has 0 aromatic heterocycles. The van der Waals surface area contributed by atoms with Crippen LogP contribution in [0.3, 0.4) is 0 Å². The molecule has 1 aliphatic rings. The van der Waals surface area contributed by atoms with Crippen LogP contribution in [0.5, 0.6) is 0 Å². The molecule has 0 radical (unpaired) electrons. The predicted octanol–water partition coefficient (Wildman–Crippen LogP) is 0.613. The topological polar surface area (TPSA) is 96.9 Å². The number of amides is 2. The SMILES string of the molecule is NC(=O)NC1=NOC(C(O)(C(F)(F)F)C(F)(F)F)C1. The molecule has 19 heavy (non-hydrogen) atoms. The van der Waals surface area contributed by atoms with Crippen LogP contribution < -0.4 is 11.1 Å². The van der Waals surface area contributed by atoms with Crippen LogP contribution >= 0.6 is 0 Å². The van der Waals surface area contributed by atoms with Crippen LogP contribution in [0.25, 0.3) is 0 Å². The Hall–Kier alpha value is -1.72. The fraction of sp³-hybridized carbons (Fsp3) is 0.714. The van der Waals surface area contributed by atoms with Crippen molar-refractivity contribution in [2.24, 2.45) is 10.9 Å². The van der Waals surface area contributed by atoms with Crippen molar-refractivity contribution in [3.63, 3.8) is 0 Å². The molecule has 1 heterocycles. The summed E-state index contributed by atoms with van der Waals surface area (Å²) in [4.78, 5) is 14.3. The van der Waals surface area contributed by atoms with E-state index in [1.807, 2.05) is 0 Å². The number of oxime groups is 1. The molecule has 0 aliphatic carbocycles. The van der Waals surface area contributed by atoms with Gasteiger partial charge >= 0.3 is 18.4 Å². The second-order valence-corrected chi connectivity index (χ2v) is 3.59. The number of hydrogen-bond acceptors (Lipinski definition) is 4. The highest BCUT2D eigenvalue weighted by molar-refractivity contribution is 5.97. The highest BCUT2D eigenvalue weighted by Crippen LogP contribution is 2.47. The number of carbonyl (C=O) groups excluding carboxylic acids is 1. The van der Waals surface area contributed by atoms with Crippen molar-refractivity contribution in [1.29, 1.82) is 0 Å². The van der Waals surface area contributed by atoms with E-state index in [0.717, 1.165) is 0 Å². The Morgan fingerprint density at radius 3 is 2.16 bits per heavy atom. The van der Waals surface area contributed by atoms with Gasteiger partial charge in [0.2, 0.25) is 0 Å². The van der Waals surface area contributed by atoms with Crippen molar-refractivity contribution in [1.82, 2.24) is 5.32 Å². The first-order valence-corrected chi connectivity index (χ1v) is 4.54. The second kappa shape index (κ2) is 4.43. The summed E-state index contributed by atoms with van der Waals surface area (Å²) in [5, 5.41) is 13.4. The van der Waals surface area contributed by atoms with Crippen LogP contribution in [0.1, 0.15) is 6.42 Å². The van der Waals surface area contributed by atoms with Crippen LogP contribution in [0.15, 0.2) is 5.16 Å². The summed E-state index contributed by atoms with van der Waals surface area (Å²) in [6.07, 6.45) is -15.9. The first-order valence-electron chi connectivity index (χ1n) is 4.54. The van der Waals surface area contributed by atoms with Crippen LogP contribution in [0, 0.1) is 0 Å². The Labute approximate surface area is 101 Å². The van der Waals surface area contributed by atoms with E-state index in [0.29, 0.717) is 0 Å². The van der Waals surface area contributed by atoms with Gasteiger partial charge < -0.3 is 15.7 Å².